The molecule has 1 aromatic heterocycles. The number of hydrogen-bond acceptors (Lipinski definition) is 6. The minimum Gasteiger partial charge on any atom is -0.355 e. The standard InChI is InChI=1S/C25H24N4O3S2/c30-24(26-17-16-20-10-4-1-5-11-20)18-33-25-28-27-23(29(25)21-12-6-2-7-13-21)19-34(31,32)22-14-8-3-9-15-22/h1-15H,16-19H2,(H,26,30). The molecule has 0 unspecified atom stereocenters. The van der Waals surface area contributed by atoms with Crippen molar-refractivity contribution < 1.29 is 13.2 Å². The first-order chi connectivity index (χ1) is 16.5. The number of carbonyl (C=O) groups excluding carboxylic acids is 1. The van der Waals surface area contributed by atoms with Gasteiger partial charge in [-0.1, -0.05) is 78.5 Å². The molecule has 9 heteroatoms. The molecule has 0 aliphatic heterocycles. The van der Waals surface area contributed by atoms with E-state index in [1.807, 2.05) is 60.7 Å². The van der Waals surface area contributed by atoms with Gasteiger partial charge in [0, 0.05) is 12.2 Å². The number of rotatable bonds is 10. The molecule has 0 aliphatic carbocycles. The third kappa shape index (κ3) is 6.12. The third-order valence-corrected chi connectivity index (χ3v) is 7.60. The van der Waals surface area contributed by atoms with Crippen LogP contribution in [0.2, 0.25) is 0 Å². The fourth-order valence-corrected chi connectivity index (χ4v) is 5.44. The van der Waals surface area contributed by atoms with Gasteiger partial charge in [-0.2, -0.15) is 0 Å². The van der Waals surface area contributed by atoms with Crippen molar-refractivity contribution in [2.45, 2.75) is 22.2 Å². The van der Waals surface area contributed by atoms with Crippen LogP contribution >= 0.6 is 11.8 Å². The molecule has 34 heavy (non-hydrogen) atoms. The molecule has 0 fully saturated rings. The van der Waals surface area contributed by atoms with Crippen LogP contribution in [-0.4, -0.2) is 41.4 Å². The van der Waals surface area contributed by atoms with Crippen molar-refractivity contribution in [3.05, 3.63) is 102 Å². The van der Waals surface area contributed by atoms with E-state index in [9.17, 15) is 13.2 Å². The Morgan fingerprint density at radius 2 is 1.47 bits per heavy atom. The van der Waals surface area contributed by atoms with E-state index in [4.69, 9.17) is 0 Å². The van der Waals surface area contributed by atoms with Crippen LogP contribution in [0.4, 0.5) is 0 Å². The average molecular weight is 493 g/mol. The number of carbonyl (C=O) groups is 1. The fraction of sp³-hybridized carbons (Fsp3) is 0.160. The maximum atomic E-state index is 12.9. The molecule has 1 N–H and O–H groups in total. The first-order valence-electron chi connectivity index (χ1n) is 10.7. The number of para-hydroxylation sites is 1. The molecule has 1 amide bonds. The number of aromatic nitrogens is 3. The lowest BCUT2D eigenvalue weighted by molar-refractivity contribution is -0.118. The van der Waals surface area contributed by atoms with Gasteiger partial charge in [0.05, 0.1) is 10.6 Å². The summed E-state index contributed by atoms with van der Waals surface area (Å²) in [6.07, 6.45) is 0.749. The summed E-state index contributed by atoms with van der Waals surface area (Å²) in [6.45, 7) is 0.537. The zero-order valence-electron chi connectivity index (χ0n) is 18.4. The Kier molecular flexibility index (Phi) is 7.76. The average Bonchev–Trinajstić information content (AvgIpc) is 3.26. The highest BCUT2D eigenvalue weighted by Gasteiger charge is 2.22. The highest BCUT2D eigenvalue weighted by molar-refractivity contribution is 7.99. The Morgan fingerprint density at radius 3 is 2.15 bits per heavy atom. The third-order valence-electron chi connectivity index (χ3n) is 5.05. The van der Waals surface area contributed by atoms with E-state index < -0.39 is 9.84 Å². The Labute approximate surface area is 203 Å². The summed E-state index contributed by atoms with van der Waals surface area (Å²) in [6, 6.07) is 27.5. The second kappa shape index (κ2) is 11.1. The predicted octanol–water partition coefficient (Wildman–Crippen LogP) is 3.69. The molecule has 0 spiro atoms. The number of benzene rings is 3. The molecule has 0 saturated heterocycles. The molecule has 0 atom stereocenters. The summed E-state index contributed by atoms with van der Waals surface area (Å²) in [5, 5.41) is 11.7. The van der Waals surface area contributed by atoms with Gasteiger partial charge < -0.3 is 5.32 Å². The van der Waals surface area contributed by atoms with Crippen LogP contribution in [0.1, 0.15) is 11.4 Å². The molecule has 1 heterocycles. The first kappa shape index (κ1) is 23.7. The van der Waals surface area contributed by atoms with Gasteiger partial charge >= 0.3 is 0 Å². The molecular formula is C25H24N4O3S2. The highest BCUT2D eigenvalue weighted by Crippen LogP contribution is 2.24. The Hall–Kier alpha value is -3.43. The topological polar surface area (TPSA) is 94.0 Å². The smallest absolute Gasteiger partial charge is 0.230 e. The zero-order valence-corrected chi connectivity index (χ0v) is 20.0. The van der Waals surface area contributed by atoms with Crippen LogP contribution in [-0.2, 0) is 26.8 Å². The van der Waals surface area contributed by atoms with Gasteiger partial charge in [0.2, 0.25) is 5.91 Å². The van der Waals surface area contributed by atoms with Gasteiger partial charge in [0.15, 0.2) is 20.8 Å². The molecule has 0 aliphatic rings. The molecule has 3 aromatic carbocycles. The maximum Gasteiger partial charge on any atom is 0.230 e. The fourth-order valence-electron chi connectivity index (χ4n) is 3.38. The van der Waals surface area contributed by atoms with Crippen LogP contribution < -0.4 is 5.32 Å². The van der Waals surface area contributed by atoms with Crippen LogP contribution in [0.15, 0.2) is 101 Å². The van der Waals surface area contributed by atoms with Crippen molar-refractivity contribution in [1.29, 1.82) is 0 Å². The number of nitrogens with zero attached hydrogens (tertiary/aromatic N) is 3. The van der Waals surface area contributed by atoms with E-state index in [2.05, 4.69) is 15.5 Å². The van der Waals surface area contributed by atoms with Gasteiger partial charge in [0.25, 0.3) is 0 Å². The summed E-state index contributed by atoms with van der Waals surface area (Å²) < 4.78 is 27.6. The van der Waals surface area contributed by atoms with E-state index >= 15 is 0 Å². The van der Waals surface area contributed by atoms with Crippen molar-refractivity contribution >= 4 is 27.5 Å². The molecule has 4 rings (SSSR count). The molecular weight excluding hydrogens is 468 g/mol. The van der Waals surface area contributed by atoms with E-state index in [1.54, 1.807) is 34.9 Å². The van der Waals surface area contributed by atoms with Gasteiger partial charge in [-0.05, 0) is 36.2 Å². The lowest BCUT2D eigenvalue weighted by Crippen LogP contribution is -2.27. The Morgan fingerprint density at radius 1 is 0.853 bits per heavy atom. The second-order valence-electron chi connectivity index (χ2n) is 7.52. The number of thioether (sulfide) groups is 1. The van der Waals surface area contributed by atoms with Crippen LogP contribution in [0.3, 0.4) is 0 Å². The van der Waals surface area contributed by atoms with Gasteiger partial charge in [-0.15, -0.1) is 10.2 Å². The molecule has 7 nitrogen and oxygen atoms in total. The molecule has 174 valence electrons. The Bertz CT molecular complexity index is 1330. The maximum absolute atomic E-state index is 12.9. The zero-order chi connectivity index (χ0) is 23.8. The lowest BCUT2D eigenvalue weighted by Gasteiger charge is -2.11. The van der Waals surface area contributed by atoms with Crippen molar-refractivity contribution in [3.8, 4) is 5.69 Å². The number of amides is 1. The number of nitrogens with one attached hydrogen (secondary N) is 1. The summed E-state index contributed by atoms with van der Waals surface area (Å²) in [4.78, 5) is 12.6. The Balaban J connectivity index is 1.47. The van der Waals surface area contributed by atoms with Crippen molar-refractivity contribution in [2.24, 2.45) is 0 Å². The van der Waals surface area contributed by atoms with Crippen molar-refractivity contribution in [2.75, 3.05) is 12.3 Å². The molecule has 0 radical (unpaired) electrons. The van der Waals surface area contributed by atoms with Crippen LogP contribution in [0, 0.1) is 0 Å². The summed E-state index contributed by atoms with van der Waals surface area (Å²) in [7, 11) is -3.61. The quantitative estimate of drug-likeness (QED) is 0.339. The molecule has 0 bridgehead atoms. The largest absolute Gasteiger partial charge is 0.355 e. The highest BCUT2D eigenvalue weighted by atomic mass is 32.2. The van der Waals surface area contributed by atoms with Gasteiger partial charge in [-0.3, -0.25) is 9.36 Å². The SMILES string of the molecule is O=C(CSc1nnc(CS(=O)(=O)c2ccccc2)n1-c1ccccc1)NCCc1ccccc1. The monoisotopic (exact) mass is 492 g/mol. The van der Waals surface area contributed by atoms with Crippen molar-refractivity contribution in [3.63, 3.8) is 0 Å². The summed E-state index contributed by atoms with van der Waals surface area (Å²) in [5.41, 5.74) is 1.89. The molecule has 4 aromatic rings. The summed E-state index contributed by atoms with van der Waals surface area (Å²) >= 11 is 1.22. The van der Waals surface area contributed by atoms with Gasteiger partial charge in [-0.25, -0.2) is 8.42 Å². The normalized spacial score (nSPS) is 11.3. The van der Waals surface area contributed by atoms with E-state index in [0.717, 1.165) is 17.7 Å². The lowest BCUT2D eigenvalue weighted by atomic mass is 10.1. The van der Waals surface area contributed by atoms with Crippen LogP contribution in [0.5, 0.6) is 0 Å². The summed E-state index contributed by atoms with van der Waals surface area (Å²) in [5.74, 6) is 0.0116. The molecule has 0 saturated carbocycles. The predicted molar refractivity (Wildman–Crippen MR) is 133 cm³/mol. The van der Waals surface area contributed by atoms with E-state index in [-0.39, 0.29) is 22.3 Å². The number of sulfone groups is 1. The van der Waals surface area contributed by atoms with Gasteiger partial charge in [0.1, 0.15) is 5.75 Å². The minimum absolute atomic E-state index is 0.123. The second-order valence-corrected chi connectivity index (χ2v) is 10.4. The minimum atomic E-state index is -3.61. The van der Waals surface area contributed by atoms with Crippen molar-refractivity contribution in [1.82, 2.24) is 20.1 Å². The van der Waals surface area contributed by atoms with E-state index in [1.165, 1.54) is 11.8 Å². The van der Waals surface area contributed by atoms with E-state index in [0.29, 0.717) is 17.5 Å². The number of hydrogen-bond donors (Lipinski definition) is 1. The van der Waals surface area contributed by atoms with Crippen LogP contribution in [0.25, 0.3) is 5.69 Å². The first-order valence-corrected chi connectivity index (χ1v) is 13.4.